The fraction of sp³-hybridized carbons (Fsp3) is 0.308. The van der Waals surface area contributed by atoms with Gasteiger partial charge in [-0.1, -0.05) is 0 Å². The van der Waals surface area contributed by atoms with E-state index in [4.69, 9.17) is 15.2 Å². The standard InChI is InChI=1S/C13H14N2O2S/c1-8-15-13(12(7-14)18-8)9-2-3-10-11(6-9)17-5-4-16-10/h2-3,6H,4-5,7,14H2,1H3. The number of aryl methyl sites for hydroxylation is 1. The second-order valence-electron chi connectivity index (χ2n) is 4.07. The maximum absolute atomic E-state index is 5.75. The van der Waals surface area contributed by atoms with Gasteiger partial charge < -0.3 is 15.2 Å². The maximum atomic E-state index is 5.75. The van der Waals surface area contributed by atoms with Crippen LogP contribution in [0.5, 0.6) is 11.5 Å². The summed E-state index contributed by atoms with van der Waals surface area (Å²) in [5, 5.41) is 1.03. The summed E-state index contributed by atoms with van der Waals surface area (Å²) in [4.78, 5) is 5.64. The highest BCUT2D eigenvalue weighted by Gasteiger charge is 2.15. The summed E-state index contributed by atoms with van der Waals surface area (Å²) < 4.78 is 11.1. The number of hydrogen-bond donors (Lipinski definition) is 1. The van der Waals surface area contributed by atoms with E-state index < -0.39 is 0 Å². The van der Waals surface area contributed by atoms with Crippen LogP contribution >= 0.6 is 11.3 Å². The van der Waals surface area contributed by atoms with Gasteiger partial charge in [0.25, 0.3) is 0 Å². The molecule has 3 rings (SSSR count). The van der Waals surface area contributed by atoms with Crippen LogP contribution in [0.1, 0.15) is 9.88 Å². The molecule has 0 saturated heterocycles. The lowest BCUT2D eigenvalue weighted by Gasteiger charge is -2.18. The first-order valence-electron chi connectivity index (χ1n) is 5.84. The summed E-state index contributed by atoms with van der Waals surface area (Å²) in [6, 6.07) is 5.90. The fourth-order valence-electron chi connectivity index (χ4n) is 2.02. The van der Waals surface area contributed by atoms with E-state index in [1.54, 1.807) is 11.3 Å². The Kier molecular flexibility index (Phi) is 2.93. The summed E-state index contributed by atoms with van der Waals surface area (Å²) in [5.41, 5.74) is 7.74. The van der Waals surface area contributed by atoms with Crippen molar-refractivity contribution in [3.8, 4) is 22.8 Å². The fourth-order valence-corrected chi connectivity index (χ4v) is 2.86. The van der Waals surface area contributed by atoms with Crippen molar-refractivity contribution < 1.29 is 9.47 Å². The number of fused-ring (bicyclic) bond motifs is 1. The minimum Gasteiger partial charge on any atom is -0.486 e. The van der Waals surface area contributed by atoms with Crippen LogP contribution in [-0.2, 0) is 6.54 Å². The average molecular weight is 262 g/mol. The molecule has 5 heteroatoms. The Bertz CT molecular complexity index is 580. The Morgan fingerprint density at radius 3 is 2.83 bits per heavy atom. The molecule has 94 valence electrons. The molecule has 0 fully saturated rings. The van der Waals surface area contributed by atoms with Gasteiger partial charge in [-0.05, 0) is 25.1 Å². The Morgan fingerprint density at radius 1 is 1.28 bits per heavy atom. The van der Waals surface area contributed by atoms with Crippen LogP contribution in [0.15, 0.2) is 18.2 Å². The van der Waals surface area contributed by atoms with E-state index in [2.05, 4.69) is 4.98 Å². The van der Waals surface area contributed by atoms with Crippen molar-refractivity contribution in [3.05, 3.63) is 28.1 Å². The molecule has 0 aliphatic carbocycles. The number of hydrogen-bond acceptors (Lipinski definition) is 5. The molecule has 1 aromatic heterocycles. The normalized spacial score (nSPS) is 13.7. The number of aromatic nitrogens is 1. The molecule has 2 N–H and O–H groups in total. The third-order valence-corrected chi connectivity index (χ3v) is 3.80. The highest BCUT2D eigenvalue weighted by atomic mass is 32.1. The van der Waals surface area contributed by atoms with Gasteiger partial charge in [0.2, 0.25) is 0 Å². The smallest absolute Gasteiger partial charge is 0.162 e. The zero-order valence-corrected chi connectivity index (χ0v) is 10.9. The van der Waals surface area contributed by atoms with Crippen LogP contribution in [0.2, 0.25) is 0 Å². The summed E-state index contributed by atoms with van der Waals surface area (Å²) >= 11 is 1.64. The molecular weight excluding hydrogens is 248 g/mol. The molecule has 2 heterocycles. The van der Waals surface area contributed by atoms with Gasteiger partial charge >= 0.3 is 0 Å². The summed E-state index contributed by atoms with van der Waals surface area (Å²) in [7, 11) is 0. The highest BCUT2D eigenvalue weighted by molar-refractivity contribution is 7.12. The zero-order valence-electron chi connectivity index (χ0n) is 10.1. The second kappa shape index (κ2) is 4.59. The molecule has 1 aromatic carbocycles. The molecule has 18 heavy (non-hydrogen) atoms. The average Bonchev–Trinajstić information content (AvgIpc) is 2.79. The summed E-state index contributed by atoms with van der Waals surface area (Å²) in [5.74, 6) is 1.58. The lowest BCUT2D eigenvalue weighted by molar-refractivity contribution is 0.171. The summed E-state index contributed by atoms with van der Waals surface area (Å²) in [6.07, 6.45) is 0. The lowest BCUT2D eigenvalue weighted by Crippen LogP contribution is -2.15. The van der Waals surface area contributed by atoms with Crippen LogP contribution in [-0.4, -0.2) is 18.2 Å². The van der Waals surface area contributed by atoms with Crippen LogP contribution < -0.4 is 15.2 Å². The van der Waals surface area contributed by atoms with Gasteiger partial charge in [-0.15, -0.1) is 11.3 Å². The van der Waals surface area contributed by atoms with Crippen molar-refractivity contribution in [1.82, 2.24) is 4.98 Å². The van der Waals surface area contributed by atoms with E-state index in [1.807, 2.05) is 25.1 Å². The van der Waals surface area contributed by atoms with E-state index >= 15 is 0 Å². The second-order valence-corrected chi connectivity index (χ2v) is 5.35. The van der Waals surface area contributed by atoms with Gasteiger partial charge in [0.1, 0.15) is 13.2 Å². The summed E-state index contributed by atoms with van der Waals surface area (Å²) in [6.45, 7) is 3.70. The molecule has 4 nitrogen and oxygen atoms in total. The molecule has 2 aromatic rings. The molecule has 0 saturated carbocycles. The molecule has 1 aliphatic rings. The number of rotatable bonds is 2. The van der Waals surface area contributed by atoms with Gasteiger partial charge in [0, 0.05) is 17.0 Å². The Hall–Kier alpha value is -1.59. The third kappa shape index (κ3) is 1.95. The Labute approximate surface area is 109 Å². The van der Waals surface area contributed by atoms with E-state index in [1.165, 1.54) is 0 Å². The minimum absolute atomic E-state index is 0.509. The van der Waals surface area contributed by atoms with Gasteiger partial charge in [-0.25, -0.2) is 4.98 Å². The number of thiazole rings is 1. The first-order valence-corrected chi connectivity index (χ1v) is 6.66. The predicted octanol–water partition coefficient (Wildman–Crippen LogP) is 2.35. The molecular formula is C13H14N2O2S. The molecule has 0 amide bonds. The Morgan fingerprint density at radius 2 is 2.06 bits per heavy atom. The van der Waals surface area contributed by atoms with Crippen molar-refractivity contribution in [3.63, 3.8) is 0 Å². The molecule has 1 aliphatic heterocycles. The third-order valence-electron chi connectivity index (χ3n) is 2.81. The van der Waals surface area contributed by atoms with E-state index in [0.717, 1.165) is 32.6 Å². The first kappa shape index (κ1) is 11.5. The molecule has 0 atom stereocenters. The minimum atomic E-state index is 0.509. The quantitative estimate of drug-likeness (QED) is 0.902. The monoisotopic (exact) mass is 262 g/mol. The number of benzene rings is 1. The van der Waals surface area contributed by atoms with Gasteiger partial charge in [0.15, 0.2) is 11.5 Å². The molecule has 0 spiro atoms. The zero-order chi connectivity index (χ0) is 12.5. The molecule has 0 unspecified atom stereocenters. The first-order chi connectivity index (χ1) is 8.78. The van der Waals surface area contributed by atoms with Crippen molar-refractivity contribution in [2.24, 2.45) is 5.73 Å². The van der Waals surface area contributed by atoms with Crippen molar-refractivity contribution in [2.75, 3.05) is 13.2 Å². The van der Waals surface area contributed by atoms with Crippen molar-refractivity contribution in [2.45, 2.75) is 13.5 Å². The largest absolute Gasteiger partial charge is 0.486 e. The number of nitrogens with two attached hydrogens (primary N) is 1. The topological polar surface area (TPSA) is 57.4 Å². The predicted molar refractivity (Wildman–Crippen MR) is 71.2 cm³/mol. The molecule has 0 radical (unpaired) electrons. The van der Waals surface area contributed by atoms with E-state index in [-0.39, 0.29) is 0 Å². The Balaban J connectivity index is 2.06. The van der Waals surface area contributed by atoms with Gasteiger partial charge in [-0.2, -0.15) is 0 Å². The van der Waals surface area contributed by atoms with Gasteiger partial charge in [0.05, 0.1) is 10.7 Å². The van der Waals surface area contributed by atoms with Crippen LogP contribution in [0.3, 0.4) is 0 Å². The van der Waals surface area contributed by atoms with Crippen molar-refractivity contribution >= 4 is 11.3 Å². The SMILES string of the molecule is Cc1nc(-c2ccc3c(c2)OCCO3)c(CN)s1. The van der Waals surface area contributed by atoms with Gasteiger partial charge in [-0.3, -0.25) is 0 Å². The highest BCUT2D eigenvalue weighted by Crippen LogP contribution is 2.36. The van der Waals surface area contributed by atoms with E-state index in [9.17, 15) is 0 Å². The van der Waals surface area contributed by atoms with Crippen LogP contribution in [0, 0.1) is 6.92 Å². The van der Waals surface area contributed by atoms with E-state index in [0.29, 0.717) is 19.8 Å². The lowest BCUT2D eigenvalue weighted by atomic mass is 10.1. The number of nitrogens with zero attached hydrogens (tertiary/aromatic N) is 1. The maximum Gasteiger partial charge on any atom is 0.162 e. The van der Waals surface area contributed by atoms with Crippen LogP contribution in [0.4, 0.5) is 0 Å². The number of ether oxygens (including phenoxy) is 2. The van der Waals surface area contributed by atoms with Crippen molar-refractivity contribution in [1.29, 1.82) is 0 Å². The van der Waals surface area contributed by atoms with Crippen LogP contribution in [0.25, 0.3) is 11.3 Å². The molecule has 0 bridgehead atoms.